The first-order chi connectivity index (χ1) is 15.1. The molecule has 2 aromatic rings. The fourth-order valence-corrected chi connectivity index (χ4v) is 3.15. The van der Waals surface area contributed by atoms with Gasteiger partial charge in [-0.25, -0.2) is 0 Å². The average Bonchev–Trinajstić information content (AvgIpc) is 2.76. The highest BCUT2D eigenvalue weighted by atomic mass is 16.6. The molecule has 0 aliphatic carbocycles. The fourth-order valence-electron chi connectivity index (χ4n) is 3.15. The van der Waals surface area contributed by atoms with Crippen LogP contribution in [0.25, 0.3) is 0 Å². The Kier molecular flexibility index (Phi) is 11.3. The summed E-state index contributed by atoms with van der Waals surface area (Å²) in [6, 6.07) is 12.6. The first kappa shape index (κ1) is 24.5. The van der Waals surface area contributed by atoms with E-state index in [-0.39, 0.29) is 0 Å². The van der Waals surface area contributed by atoms with Gasteiger partial charge < -0.3 is 19.0 Å². The molecule has 0 aliphatic heterocycles. The van der Waals surface area contributed by atoms with E-state index < -0.39 is 0 Å². The molecule has 0 spiro atoms. The highest BCUT2D eigenvalue weighted by Gasteiger charge is 2.07. The first-order valence-corrected chi connectivity index (χ1v) is 10.8. The van der Waals surface area contributed by atoms with Crippen LogP contribution < -0.4 is 9.47 Å². The predicted molar refractivity (Wildman–Crippen MR) is 126 cm³/mol. The van der Waals surface area contributed by atoms with E-state index in [1.165, 1.54) is 11.1 Å². The van der Waals surface area contributed by atoms with E-state index in [4.69, 9.17) is 14.2 Å². The zero-order valence-corrected chi connectivity index (χ0v) is 19.2. The van der Waals surface area contributed by atoms with Crippen LogP contribution in [0.4, 0.5) is 0 Å². The molecule has 0 saturated heterocycles. The van der Waals surface area contributed by atoms with Crippen molar-refractivity contribution in [2.24, 2.45) is 5.16 Å². The topological polar surface area (TPSA) is 49.3 Å². The molecule has 0 fully saturated rings. The summed E-state index contributed by atoms with van der Waals surface area (Å²) in [6.45, 7) is 8.57. The highest BCUT2D eigenvalue weighted by Crippen LogP contribution is 2.28. The first-order valence-electron chi connectivity index (χ1n) is 10.8. The second-order valence-electron chi connectivity index (χ2n) is 7.35. The predicted octanol–water partition coefficient (Wildman–Crippen LogP) is 5.81. The van der Waals surface area contributed by atoms with Gasteiger partial charge >= 0.3 is 0 Å². The Morgan fingerprint density at radius 2 is 1.65 bits per heavy atom. The summed E-state index contributed by atoms with van der Waals surface area (Å²) < 4.78 is 17.5. The molecular formula is C26H35NO4. The maximum absolute atomic E-state index is 6.00. The Balaban J connectivity index is 1.66. The molecule has 0 atom stereocenters. The largest absolute Gasteiger partial charge is 0.493 e. The van der Waals surface area contributed by atoms with Crippen molar-refractivity contribution >= 4 is 6.21 Å². The summed E-state index contributed by atoms with van der Waals surface area (Å²) >= 11 is 0. The van der Waals surface area contributed by atoms with Crippen molar-refractivity contribution in [3.63, 3.8) is 0 Å². The number of ether oxygens (including phenoxy) is 3. The minimum absolute atomic E-state index is 0.582. The van der Waals surface area contributed by atoms with E-state index in [0.29, 0.717) is 26.4 Å². The number of nitrogens with zero attached hydrogens (tertiary/aromatic N) is 1. The van der Waals surface area contributed by atoms with Gasteiger partial charge in [-0.3, -0.25) is 0 Å². The van der Waals surface area contributed by atoms with Gasteiger partial charge in [-0.1, -0.05) is 41.6 Å². The van der Waals surface area contributed by atoms with Gasteiger partial charge in [-0.15, -0.1) is 0 Å². The molecule has 0 unspecified atom stereocenters. The van der Waals surface area contributed by atoms with Crippen molar-refractivity contribution in [2.45, 2.75) is 46.6 Å². The molecule has 0 bridgehead atoms. The molecular weight excluding hydrogens is 390 g/mol. The lowest BCUT2D eigenvalue weighted by atomic mass is 10.1. The Morgan fingerprint density at radius 3 is 2.32 bits per heavy atom. The van der Waals surface area contributed by atoms with Crippen LogP contribution >= 0.6 is 0 Å². The van der Waals surface area contributed by atoms with Gasteiger partial charge in [-0.2, -0.15) is 0 Å². The lowest BCUT2D eigenvalue weighted by Crippen LogP contribution is -2.05. The van der Waals surface area contributed by atoms with Crippen LogP contribution in [0.1, 0.15) is 42.0 Å². The molecule has 5 nitrogen and oxygen atoms in total. The molecule has 2 rings (SSSR count). The van der Waals surface area contributed by atoms with E-state index >= 15 is 0 Å². The quantitative estimate of drug-likeness (QED) is 0.166. The number of hydrogen-bond donors (Lipinski definition) is 0. The van der Waals surface area contributed by atoms with Gasteiger partial charge in [0.15, 0.2) is 0 Å². The van der Waals surface area contributed by atoms with E-state index in [9.17, 15) is 0 Å². The number of allylic oxidation sites excluding steroid dienone is 1. The molecule has 0 radical (unpaired) electrons. The van der Waals surface area contributed by atoms with Gasteiger partial charge in [-0.05, 0) is 68.0 Å². The Morgan fingerprint density at radius 1 is 0.935 bits per heavy atom. The van der Waals surface area contributed by atoms with Crippen LogP contribution in [0.3, 0.4) is 0 Å². The van der Waals surface area contributed by atoms with Crippen LogP contribution in [0, 0.1) is 13.8 Å². The zero-order valence-electron chi connectivity index (χ0n) is 19.2. The van der Waals surface area contributed by atoms with E-state index in [1.807, 2.05) is 31.2 Å². The lowest BCUT2D eigenvalue weighted by Gasteiger charge is -2.14. The van der Waals surface area contributed by atoms with Crippen LogP contribution in [0.2, 0.25) is 0 Å². The van der Waals surface area contributed by atoms with E-state index in [1.54, 1.807) is 13.3 Å². The van der Waals surface area contributed by atoms with Crippen molar-refractivity contribution in [1.82, 2.24) is 0 Å². The van der Waals surface area contributed by atoms with Crippen LogP contribution in [-0.4, -0.2) is 33.1 Å². The second-order valence-corrected chi connectivity index (χ2v) is 7.35. The van der Waals surface area contributed by atoms with Crippen molar-refractivity contribution in [1.29, 1.82) is 0 Å². The minimum atomic E-state index is 0.582. The third-order valence-electron chi connectivity index (χ3n) is 4.73. The van der Waals surface area contributed by atoms with Crippen molar-refractivity contribution in [3.8, 4) is 11.5 Å². The molecule has 0 aliphatic rings. The van der Waals surface area contributed by atoms with Gasteiger partial charge in [0.2, 0.25) is 0 Å². The van der Waals surface area contributed by atoms with Gasteiger partial charge in [0.25, 0.3) is 0 Å². The highest BCUT2D eigenvalue weighted by molar-refractivity contribution is 5.56. The van der Waals surface area contributed by atoms with Crippen LogP contribution in [-0.2, 0) is 22.6 Å². The smallest absolute Gasteiger partial charge is 0.125 e. The van der Waals surface area contributed by atoms with Crippen molar-refractivity contribution in [2.75, 3.05) is 26.9 Å². The molecule has 31 heavy (non-hydrogen) atoms. The normalized spacial score (nSPS) is 11.4. The molecule has 5 heteroatoms. The number of benzene rings is 2. The SMILES string of the molecule is C/C=C/COc1cc(C)c(OCCCOCc2ccc(CCC=NOC)cc2)c(C)c1. The number of rotatable bonds is 14. The second kappa shape index (κ2) is 14.3. The molecule has 2 aromatic carbocycles. The summed E-state index contributed by atoms with van der Waals surface area (Å²) in [7, 11) is 1.56. The average molecular weight is 426 g/mol. The molecule has 168 valence electrons. The summed E-state index contributed by atoms with van der Waals surface area (Å²) in [6.07, 6.45) is 8.42. The lowest BCUT2D eigenvalue weighted by molar-refractivity contribution is 0.107. The Labute approximate surface area is 186 Å². The monoisotopic (exact) mass is 425 g/mol. The van der Waals surface area contributed by atoms with Crippen LogP contribution in [0.5, 0.6) is 11.5 Å². The van der Waals surface area contributed by atoms with Crippen molar-refractivity contribution in [3.05, 3.63) is 70.8 Å². The summed E-state index contributed by atoms with van der Waals surface area (Å²) in [5, 5.41) is 3.75. The number of hydrogen-bond acceptors (Lipinski definition) is 5. The molecule has 0 N–H and O–H groups in total. The summed E-state index contributed by atoms with van der Waals surface area (Å²) in [5.74, 6) is 1.81. The maximum atomic E-state index is 6.00. The van der Waals surface area contributed by atoms with Gasteiger partial charge in [0, 0.05) is 12.6 Å². The van der Waals surface area contributed by atoms with Gasteiger partial charge in [0.1, 0.15) is 25.2 Å². The third-order valence-corrected chi connectivity index (χ3v) is 4.73. The molecule has 0 saturated carbocycles. The Bertz CT molecular complexity index is 805. The van der Waals surface area contributed by atoms with Gasteiger partial charge in [0.05, 0.1) is 19.8 Å². The molecule has 0 amide bonds. The number of aryl methyl sites for hydroxylation is 3. The maximum Gasteiger partial charge on any atom is 0.125 e. The van der Waals surface area contributed by atoms with E-state index in [2.05, 4.69) is 48.1 Å². The number of oxime groups is 1. The minimum Gasteiger partial charge on any atom is -0.493 e. The van der Waals surface area contributed by atoms with Crippen LogP contribution in [0.15, 0.2) is 53.7 Å². The zero-order chi connectivity index (χ0) is 22.3. The summed E-state index contributed by atoms with van der Waals surface area (Å²) in [4.78, 5) is 4.67. The van der Waals surface area contributed by atoms with E-state index in [0.717, 1.165) is 41.9 Å². The molecule has 0 aromatic heterocycles. The summed E-state index contributed by atoms with van der Waals surface area (Å²) in [5.41, 5.74) is 4.63. The Hall–Kier alpha value is -2.79. The fraction of sp³-hybridized carbons (Fsp3) is 0.423. The molecule has 0 heterocycles. The third kappa shape index (κ3) is 9.26. The standard InChI is InChI=1S/C26H35NO4/c1-5-6-16-30-25-18-21(2)26(22(3)19-25)31-17-8-15-29-20-24-12-10-23(11-13-24)9-7-14-27-28-4/h5-6,10-14,18-19H,7-9,15-17,20H2,1-4H3/b6-5+,27-14?. The van der Waals surface area contributed by atoms with Crippen molar-refractivity contribution < 1.29 is 19.0 Å².